The SMILES string of the molecule is CC[C@H](C(=O)NC1CCCC1)N(Cc1c(Cl)cccc1Cl)C(=O)CSCc1c(F)cccc1Cl. The number of carbonyl (C=O) groups excluding carboxylic acids is 2. The maximum absolute atomic E-state index is 14.1. The predicted octanol–water partition coefficient (Wildman–Crippen LogP) is 6.89. The lowest BCUT2D eigenvalue weighted by molar-refractivity contribution is -0.139. The topological polar surface area (TPSA) is 49.4 Å². The van der Waals surface area contributed by atoms with Crippen LogP contribution in [0.25, 0.3) is 0 Å². The zero-order chi connectivity index (χ0) is 24.7. The molecule has 2 aromatic rings. The van der Waals surface area contributed by atoms with Crippen molar-refractivity contribution in [3.8, 4) is 0 Å². The van der Waals surface area contributed by atoms with Crippen molar-refractivity contribution in [1.82, 2.24) is 10.2 Å². The molecule has 1 aliphatic rings. The van der Waals surface area contributed by atoms with E-state index in [1.165, 1.54) is 22.7 Å². The largest absolute Gasteiger partial charge is 0.352 e. The van der Waals surface area contributed by atoms with E-state index >= 15 is 0 Å². The molecule has 1 aliphatic carbocycles. The van der Waals surface area contributed by atoms with Gasteiger partial charge in [-0.1, -0.05) is 66.7 Å². The van der Waals surface area contributed by atoms with Gasteiger partial charge in [-0.3, -0.25) is 9.59 Å². The van der Waals surface area contributed by atoms with Crippen molar-refractivity contribution in [2.24, 2.45) is 0 Å². The Kier molecular flexibility index (Phi) is 10.4. The molecule has 2 amide bonds. The standard InChI is InChI=1S/C25H28Cl3FN2O2S/c1-2-23(25(33)30-16-7-3-4-8-16)31(13-17-19(26)9-5-10-20(17)27)24(32)15-34-14-18-21(28)11-6-12-22(18)29/h5-6,9-12,16,23H,2-4,7-8,13-15H2,1H3,(H,30,33)/t23-/m1/s1. The molecule has 4 nitrogen and oxygen atoms in total. The van der Waals surface area contributed by atoms with E-state index in [1.807, 2.05) is 6.92 Å². The van der Waals surface area contributed by atoms with E-state index in [9.17, 15) is 14.0 Å². The molecule has 1 N–H and O–H groups in total. The number of thioether (sulfide) groups is 1. The van der Waals surface area contributed by atoms with Crippen LogP contribution < -0.4 is 5.32 Å². The van der Waals surface area contributed by atoms with E-state index in [1.54, 1.807) is 30.3 Å². The number of hydrogen-bond donors (Lipinski definition) is 1. The average Bonchev–Trinajstić information content (AvgIpc) is 3.30. The minimum atomic E-state index is -0.668. The van der Waals surface area contributed by atoms with Crippen LogP contribution in [0.5, 0.6) is 0 Å². The molecule has 0 spiro atoms. The van der Waals surface area contributed by atoms with Crippen LogP contribution in [0.3, 0.4) is 0 Å². The lowest BCUT2D eigenvalue weighted by Crippen LogP contribution is -2.51. The van der Waals surface area contributed by atoms with Gasteiger partial charge in [-0.25, -0.2) is 4.39 Å². The first-order valence-corrected chi connectivity index (χ1v) is 13.6. The van der Waals surface area contributed by atoms with Crippen molar-refractivity contribution in [3.63, 3.8) is 0 Å². The summed E-state index contributed by atoms with van der Waals surface area (Å²) in [7, 11) is 0. The summed E-state index contributed by atoms with van der Waals surface area (Å²) >= 11 is 20.1. The third kappa shape index (κ3) is 7.03. The molecular weight excluding hydrogens is 518 g/mol. The third-order valence-electron chi connectivity index (χ3n) is 6.01. The van der Waals surface area contributed by atoms with Crippen LogP contribution in [0, 0.1) is 5.82 Å². The number of benzene rings is 2. The third-order valence-corrected chi connectivity index (χ3v) is 8.02. The van der Waals surface area contributed by atoms with Crippen molar-refractivity contribution < 1.29 is 14.0 Å². The second kappa shape index (κ2) is 13.0. The molecule has 0 saturated heterocycles. The summed E-state index contributed by atoms with van der Waals surface area (Å²) in [4.78, 5) is 28.1. The Morgan fingerprint density at radius 1 is 1.06 bits per heavy atom. The molecule has 1 fully saturated rings. The Labute approximate surface area is 219 Å². The normalized spacial score (nSPS) is 14.7. The van der Waals surface area contributed by atoms with E-state index < -0.39 is 11.9 Å². The van der Waals surface area contributed by atoms with Gasteiger partial charge in [0.05, 0.1) is 5.75 Å². The highest BCUT2D eigenvalue weighted by Crippen LogP contribution is 2.29. The minimum absolute atomic E-state index is 0.0555. The fourth-order valence-corrected chi connectivity index (χ4v) is 5.90. The molecule has 0 bridgehead atoms. The zero-order valence-electron chi connectivity index (χ0n) is 19.0. The molecule has 0 aromatic heterocycles. The smallest absolute Gasteiger partial charge is 0.243 e. The first kappa shape index (κ1) is 27.1. The van der Waals surface area contributed by atoms with Gasteiger partial charge in [0.2, 0.25) is 11.8 Å². The number of amides is 2. The van der Waals surface area contributed by atoms with E-state index in [0.29, 0.717) is 32.6 Å². The van der Waals surface area contributed by atoms with Crippen LogP contribution in [0.2, 0.25) is 15.1 Å². The Balaban J connectivity index is 1.77. The number of nitrogens with zero attached hydrogens (tertiary/aromatic N) is 1. The summed E-state index contributed by atoms with van der Waals surface area (Å²) in [5.74, 6) is -0.535. The van der Waals surface area contributed by atoms with E-state index in [4.69, 9.17) is 34.8 Å². The molecule has 3 rings (SSSR count). The average molecular weight is 546 g/mol. The molecule has 9 heteroatoms. The summed E-state index contributed by atoms with van der Waals surface area (Å²) in [5, 5.41) is 4.29. The summed E-state index contributed by atoms with van der Waals surface area (Å²) in [6.45, 7) is 1.98. The van der Waals surface area contributed by atoms with Crippen LogP contribution >= 0.6 is 46.6 Å². The Morgan fingerprint density at radius 3 is 2.24 bits per heavy atom. The Morgan fingerprint density at radius 2 is 1.65 bits per heavy atom. The fourth-order valence-electron chi connectivity index (χ4n) is 4.13. The van der Waals surface area contributed by atoms with E-state index in [2.05, 4.69) is 5.32 Å². The van der Waals surface area contributed by atoms with Gasteiger partial charge in [-0.2, -0.15) is 0 Å². The molecule has 2 aromatic carbocycles. The second-order valence-corrected chi connectivity index (χ2v) is 10.5. The van der Waals surface area contributed by atoms with Gasteiger partial charge in [0, 0.05) is 44.5 Å². The van der Waals surface area contributed by atoms with Crippen molar-refractivity contribution in [3.05, 3.63) is 68.4 Å². The summed E-state index contributed by atoms with van der Waals surface area (Å²) < 4.78 is 14.1. The molecule has 1 saturated carbocycles. The highest BCUT2D eigenvalue weighted by molar-refractivity contribution is 7.99. The van der Waals surface area contributed by atoms with Gasteiger partial charge in [-0.05, 0) is 43.5 Å². The monoisotopic (exact) mass is 544 g/mol. The van der Waals surface area contributed by atoms with Crippen LogP contribution in [0.15, 0.2) is 36.4 Å². The van der Waals surface area contributed by atoms with Crippen molar-refractivity contribution in [1.29, 1.82) is 0 Å². The van der Waals surface area contributed by atoms with Crippen LogP contribution in [0.4, 0.5) is 4.39 Å². The van der Waals surface area contributed by atoms with Gasteiger partial charge in [0.1, 0.15) is 11.9 Å². The van der Waals surface area contributed by atoms with Gasteiger partial charge in [0.15, 0.2) is 0 Å². The molecule has 184 valence electrons. The summed E-state index contributed by atoms with van der Waals surface area (Å²) in [5.41, 5.74) is 0.946. The summed E-state index contributed by atoms with van der Waals surface area (Å²) in [6, 6.07) is 9.13. The van der Waals surface area contributed by atoms with E-state index in [-0.39, 0.29) is 35.9 Å². The highest BCUT2D eigenvalue weighted by Gasteiger charge is 2.31. The van der Waals surface area contributed by atoms with Gasteiger partial charge in [0.25, 0.3) is 0 Å². The van der Waals surface area contributed by atoms with Gasteiger partial charge < -0.3 is 10.2 Å². The number of hydrogen-bond acceptors (Lipinski definition) is 3. The molecule has 0 aliphatic heterocycles. The molecule has 0 heterocycles. The van der Waals surface area contributed by atoms with Gasteiger partial charge >= 0.3 is 0 Å². The van der Waals surface area contributed by atoms with Gasteiger partial charge in [-0.15, -0.1) is 11.8 Å². The summed E-state index contributed by atoms with van der Waals surface area (Å²) in [6.07, 6.45) is 4.53. The van der Waals surface area contributed by atoms with E-state index in [0.717, 1.165) is 25.7 Å². The molecule has 0 radical (unpaired) electrons. The Hall–Kier alpha value is -1.47. The minimum Gasteiger partial charge on any atom is -0.352 e. The first-order chi connectivity index (χ1) is 16.3. The quantitative estimate of drug-likeness (QED) is 0.354. The lowest BCUT2D eigenvalue weighted by atomic mass is 10.1. The lowest BCUT2D eigenvalue weighted by Gasteiger charge is -2.32. The van der Waals surface area contributed by atoms with Crippen LogP contribution in [0.1, 0.15) is 50.2 Å². The number of rotatable bonds is 10. The van der Waals surface area contributed by atoms with Crippen LogP contribution in [-0.2, 0) is 21.9 Å². The predicted molar refractivity (Wildman–Crippen MR) is 139 cm³/mol. The molecule has 0 unspecified atom stereocenters. The highest BCUT2D eigenvalue weighted by atomic mass is 35.5. The van der Waals surface area contributed by atoms with Crippen molar-refractivity contribution >= 4 is 58.4 Å². The molecule has 34 heavy (non-hydrogen) atoms. The van der Waals surface area contributed by atoms with Crippen LogP contribution in [-0.4, -0.2) is 34.6 Å². The Bertz CT molecular complexity index is 977. The zero-order valence-corrected chi connectivity index (χ0v) is 22.0. The number of halogens is 4. The number of nitrogens with one attached hydrogen (secondary N) is 1. The number of carbonyl (C=O) groups is 2. The first-order valence-electron chi connectivity index (χ1n) is 11.3. The fraction of sp³-hybridized carbons (Fsp3) is 0.440. The second-order valence-electron chi connectivity index (χ2n) is 8.33. The maximum atomic E-state index is 14.1. The van der Waals surface area contributed by atoms with Crippen molar-refractivity contribution in [2.45, 2.75) is 63.4 Å². The van der Waals surface area contributed by atoms with Crippen molar-refractivity contribution in [2.75, 3.05) is 5.75 Å². The maximum Gasteiger partial charge on any atom is 0.243 e. The molecule has 1 atom stereocenters. The molecular formula is C25H28Cl3FN2O2S.